The molecule has 3 rings (SSSR count). The van der Waals surface area contributed by atoms with Crippen molar-refractivity contribution in [1.82, 2.24) is 0 Å². The first kappa shape index (κ1) is 31.8. The van der Waals surface area contributed by atoms with Crippen molar-refractivity contribution in [1.29, 1.82) is 0 Å². The van der Waals surface area contributed by atoms with E-state index >= 15 is 0 Å². The van der Waals surface area contributed by atoms with Crippen LogP contribution >= 0.6 is 0 Å². The third kappa shape index (κ3) is 7.52. The minimum absolute atomic E-state index is 0.0488. The number of hydrogen-bond acceptors (Lipinski definition) is 14. The molecule has 1 N–H and O–H groups in total. The van der Waals surface area contributed by atoms with Crippen LogP contribution in [-0.2, 0) is 66.7 Å². The Hall–Kier alpha value is -3.72. The van der Waals surface area contributed by atoms with Crippen molar-refractivity contribution in [3.05, 3.63) is 11.8 Å². The van der Waals surface area contributed by atoms with E-state index in [0.717, 1.165) is 34.0 Å². The molecule has 228 valence electrons. The molecule has 15 heteroatoms. The number of fused-ring (bicyclic) bond motifs is 1. The van der Waals surface area contributed by atoms with Gasteiger partial charge in [-0.25, -0.2) is 4.79 Å². The summed E-state index contributed by atoms with van der Waals surface area (Å²) in [6, 6.07) is 0. The van der Waals surface area contributed by atoms with E-state index in [1.807, 2.05) is 0 Å². The molecule has 9 atom stereocenters. The lowest BCUT2D eigenvalue weighted by Crippen LogP contribution is -2.64. The maximum atomic E-state index is 12.1. The van der Waals surface area contributed by atoms with E-state index in [9.17, 15) is 33.9 Å². The summed E-state index contributed by atoms with van der Waals surface area (Å²) in [5.74, 6) is -6.47. The first-order valence-corrected chi connectivity index (χ1v) is 12.9. The van der Waals surface area contributed by atoms with Crippen molar-refractivity contribution in [2.75, 3.05) is 6.61 Å². The van der Waals surface area contributed by atoms with Crippen molar-refractivity contribution < 1.29 is 71.8 Å². The molecule has 15 nitrogen and oxygen atoms in total. The molecule has 0 aromatic rings. The molecule has 2 fully saturated rings. The number of rotatable bonds is 9. The molecule has 0 amide bonds. The highest BCUT2D eigenvalue weighted by Gasteiger charge is 2.59. The van der Waals surface area contributed by atoms with Gasteiger partial charge < -0.3 is 43.0 Å². The Balaban J connectivity index is 2.04. The molecule has 1 saturated carbocycles. The predicted molar refractivity (Wildman–Crippen MR) is 130 cm³/mol. The van der Waals surface area contributed by atoms with Gasteiger partial charge in [-0.05, 0) is 19.8 Å². The Morgan fingerprint density at radius 1 is 0.854 bits per heavy atom. The molecular formula is C26H34O15. The standard InChI is InChI=1S/C26H34O15/c1-11(27)34-10-18-20(36-12(2)28)21(37-13(3)29)22(38-14(4)30)25(39-18)40-24-19-16(17(9-35-24)23(32)33)7-8-26(19,6)41-15(5)31/h9,16,18-22,24-25H,7-8,10H2,1-6H3,(H,32,33)/t16-,18-,19-,20-,21+,22-,24+,25+,26+/m1/s1. The van der Waals surface area contributed by atoms with Gasteiger partial charge in [-0.2, -0.15) is 0 Å². The summed E-state index contributed by atoms with van der Waals surface area (Å²) in [6.07, 6.45) is -6.91. The van der Waals surface area contributed by atoms with Gasteiger partial charge in [0.1, 0.15) is 18.3 Å². The molecule has 2 heterocycles. The number of carbonyl (C=O) groups excluding carboxylic acids is 5. The second-order valence-corrected chi connectivity index (χ2v) is 10.2. The summed E-state index contributed by atoms with van der Waals surface area (Å²) in [5.41, 5.74) is -1.26. The zero-order valence-electron chi connectivity index (χ0n) is 23.5. The van der Waals surface area contributed by atoms with Crippen LogP contribution in [0.1, 0.15) is 54.4 Å². The molecule has 0 radical (unpaired) electrons. The van der Waals surface area contributed by atoms with E-state index in [4.69, 9.17) is 37.9 Å². The van der Waals surface area contributed by atoms with Crippen LogP contribution in [0.2, 0.25) is 0 Å². The van der Waals surface area contributed by atoms with Crippen molar-refractivity contribution in [2.24, 2.45) is 11.8 Å². The monoisotopic (exact) mass is 586 g/mol. The third-order valence-electron chi connectivity index (χ3n) is 6.95. The largest absolute Gasteiger partial charge is 0.478 e. The predicted octanol–water partition coefficient (Wildman–Crippen LogP) is 0.759. The summed E-state index contributed by atoms with van der Waals surface area (Å²) in [7, 11) is 0. The number of ether oxygens (including phenoxy) is 8. The van der Waals surface area contributed by atoms with Crippen LogP contribution in [0.15, 0.2) is 11.8 Å². The molecule has 41 heavy (non-hydrogen) atoms. The van der Waals surface area contributed by atoms with Crippen LogP contribution in [-0.4, -0.2) is 90.1 Å². The van der Waals surface area contributed by atoms with E-state index in [-0.39, 0.29) is 12.0 Å². The summed E-state index contributed by atoms with van der Waals surface area (Å²) >= 11 is 0. The molecule has 0 bridgehead atoms. The zero-order chi connectivity index (χ0) is 30.6. The Labute approximate surface area is 235 Å². The SMILES string of the molecule is CC(=O)OC[C@H]1O[C@@H](O[C@@H]2OC=C(C(=O)O)[C@H]3CC[C@](C)(OC(C)=O)[C@@H]23)[C@H](OC(C)=O)[C@@H](OC(C)=O)[C@@H]1OC(C)=O. The minimum Gasteiger partial charge on any atom is -0.478 e. The van der Waals surface area contributed by atoms with Gasteiger partial charge >= 0.3 is 35.8 Å². The quantitative estimate of drug-likeness (QED) is 0.293. The second-order valence-electron chi connectivity index (χ2n) is 10.2. The van der Waals surface area contributed by atoms with Crippen molar-refractivity contribution in [3.8, 4) is 0 Å². The highest BCUT2D eigenvalue weighted by atomic mass is 16.8. The van der Waals surface area contributed by atoms with Crippen LogP contribution < -0.4 is 0 Å². The van der Waals surface area contributed by atoms with E-state index in [0.29, 0.717) is 6.42 Å². The maximum absolute atomic E-state index is 12.1. The lowest BCUT2D eigenvalue weighted by molar-refractivity contribution is -0.348. The summed E-state index contributed by atoms with van der Waals surface area (Å²) in [6.45, 7) is 6.76. The highest BCUT2D eigenvalue weighted by Crippen LogP contribution is 2.51. The fourth-order valence-corrected chi connectivity index (χ4v) is 5.56. The van der Waals surface area contributed by atoms with Gasteiger partial charge in [-0.1, -0.05) is 0 Å². The normalized spacial score (nSPS) is 34.1. The third-order valence-corrected chi connectivity index (χ3v) is 6.95. The van der Waals surface area contributed by atoms with E-state index in [1.54, 1.807) is 6.92 Å². The molecule has 2 aliphatic heterocycles. The van der Waals surface area contributed by atoms with Crippen molar-refractivity contribution in [2.45, 2.75) is 97.0 Å². The van der Waals surface area contributed by atoms with Gasteiger partial charge in [0.2, 0.25) is 12.6 Å². The Morgan fingerprint density at radius 2 is 1.44 bits per heavy atom. The molecular weight excluding hydrogens is 552 g/mol. The van der Waals surface area contributed by atoms with Gasteiger partial charge in [0.25, 0.3) is 0 Å². The number of carboxylic acids is 1. The molecule has 0 aromatic carbocycles. The lowest BCUT2D eigenvalue weighted by atomic mass is 9.81. The number of hydrogen-bond donors (Lipinski definition) is 1. The Bertz CT molecular complexity index is 1100. The lowest BCUT2D eigenvalue weighted by Gasteiger charge is -2.46. The molecule has 1 aliphatic carbocycles. The highest BCUT2D eigenvalue weighted by molar-refractivity contribution is 5.87. The van der Waals surface area contributed by atoms with Crippen LogP contribution in [0.25, 0.3) is 0 Å². The van der Waals surface area contributed by atoms with Crippen LogP contribution in [0.4, 0.5) is 0 Å². The number of esters is 5. The van der Waals surface area contributed by atoms with Gasteiger partial charge in [-0.15, -0.1) is 0 Å². The Kier molecular flexibility index (Phi) is 9.97. The molecule has 0 spiro atoms. The van der Waals surface area contributed by atoms with Crippen LogP contribution in [0.5, 0.6) is 0 Å². The first-order chi connectivity index (χ1) is 19.1. The summed E-state index contributed by atoms with van der Waals surface area (Å²) in [4.78, 5) is 71.6. The number of carbonyl (C=O) groups is 6. The molecule has 0 aromatic heterocycles. The van der Waals surface area contributed by atoms with Gasteiger partial charge in [0, 0.05) is 40.5 Å². The number of carboxylic acid groups (broad SMARTS) is 1. The smallest absolute Gasteiger partial charge is 0.334 e. The maximum Gasteiger partial charge on any atom is 0.334 e. The first-order valence-electron chi connectivity index (χ1n) is 12.9. The number of aliphatic carboxylic acids is 1. The molecule has 3 aliphatic rings. The van der Waals surface area contributed by atoms with E-state index in [1.165, 1.54) is 6.92 Å². The fraction of sp³-hybridized carbons (Fsp3) is 0.692. The van der Waals surface area contributed by atoms with Crippen molar-refractivity contribution in [3.63, 3.8) is 0 Å². The average molecular weight is 587 g/mol. The molecule has 1 saturated heterocycles. The Morgan fingerprint density at radius 3 is 1.98 bits per heavy atom. The second kappa shape index (κ2) is 12.9. The topological polar surface area (TPSA) is 196 Å². The van der Waals surface area contributed by atoms with Gasteiger partial charge in [0.05, 0.1) is 17.8 Å². The fourth-order valence-electron chi connectivity index (χ4n) is 5.56. The summed E-state index contributed by atoms with van der Waals surface area (Å²) < 4.78 is 44.6. The zero-order valence-corrected chi connectivity index (χ0v) is 23.5. The average Bonchev–Trinajstić information content (AvgIpc) is 3.17. The summed E-state index contributed by atoms with van der Waals surface area (Å²) in [5, 5.41) is 9.73. The van der Waals surface area contributed by atoms with Crippen LogP contribution in [0, 0.1) is 11.8 Å². The van der Waals surface area contributed by atoms with E-state index in [2.05, 4.69) is 0 Å². The van der Waals surface area contributed by atoms with Gasteiger partial charge in [-0.3, -0.25) is 24.0 Å². The van der Waals surface area contributed by atoms with E-state index < -0.39 is 96.9 Å². The van der Waals surface area contributed by atoms with Crippen LogP contribution in [0.3, 0.4) is 0 Å². The van der Waals surface area contributed by atoms with Crippen molar-refractivity contribution >= 4 is 35.8 Å². The molecule has 0 unspecified atom stereocenters. The van der Waals surface area contributed by atoms with Gasteiger partial charge in [0.15, 0.2) is 18.3 Å². The minimum atomic E-state index is -1.58.